The summed E-state index contributed by atoms with van der Waals surface area (Å²) in [6, 6.07) is 10.4. The molecule has 2 heterocycles. The Bertz CT molecular complexity index is 663. The van der Waals surface area contributed by atoms with Gasteiger partial charge in [0.05, 0.1) is 5.25 Å². The summed E-state index contributed by atoms with van der Waals surface area (Å²) in [5.74, 6) is 2.70. The predicted molar refractivity (Wildman–Crippen MR) is 107 cm³/mol. The number of anilines is 2. The lowest BCUT2D eigenvalue weighted by molar-refractivity contribution is 0.311. The van der Waals surface area contributed by atoms with E-state index in [1.807, 2.05) is 17.8 Å². The van der Waals surface area contributed by atoms with Gasteiger partial charge >= 0.3 is 0 Å². The van der Waals surface area contributed by atoms with Crippen molar-refractivity contribution in [3.63, 3.8) is 0 Å². The Morgan fingerprint density at radius 2 is 1.76 bits per heavy atom. The molecule has 6 nitrogen and oxygen atoms in total. The number of thioether (sulfide) groups is 1. The summed E-state index contributed by atoms with van der Waals surface area (Å²) < 4.78 is 0. The van der Waals surface area contributed by atoms with Crippen molar-refractivity contribution >= 4 is 36.1 Å². The standard InChI is InChI=1S/C17H24N6S.ClH/c1-13(24-12-14-6-4-3-5-7-14)15-19-16(18)21-17(20-15)23-10-8-22(2)9-11-23;/h3-7,13H,8-12H2,1-2H3,(H2,18,19,20,21);1H. The maximum Gasteiger partial charge on any atom is 0.230 e. The van der Waals surface area contributed by atoms with Crippen LogP contribution in [0.3, 0.4) is 0 Å². The number of benzene rings is 1. The topological polar surface area (TPSA) is 71.2 Å². The number of aromatic nitrogens is 3. The third kappa shape index (κ3) is 5.45. The van der Waals surface area contributed by atoms with Crippen LogP contribution in [0.4, 0.5) is 11.9 Å². The number of likely N-dealkylation sites (N-methyl/N-ethyl adjacent to an activating group) is 1. The van der Waals surface area contributed by atoms with Crippen LogP contribution < -0.4 is 10.6 Å². The first-order valence-electron chi connectivity index (χ1n) is 8.22. The highest BCUT2D eigenvalue weighted by Crippen LogP contribution is 2.29. The number of nitrogen functional groups attached to an aromatic ring is 1. The number of rotatable bonds is 5. The van der Waals surface area contributed by atoms with Crippen LogP contribution in [0, 0.1) is 0 Å². The van der Waals surface area contributed by atoms with Crippen molar-refractivity contribution in [2.45, 2.75) is 17.9 Å². The number of piperazine rings is 1. The fourth-order valence-electron chi connectivity index (χ4n) is 2.60. The highest BCUT2D eigenvalue weighted by molar-refractivity contribution is 7.98. The van der Waals surface area contributed by atoms with E-state index in [0.29, 0.717) is 11.9 Å². The van der Waals surface area contributed by atoms with Gasteiger partial charge in [-0.1, -0.05) is 30.3 Å². The van der Waals surface area contributed by atoms with Gasteiger partial charge < -0.3 is 15.5 Å². The molecule has 0 spiro atoms. The molecule has 0 aliphatic carbocycles. The monoisotopic (exact) mass is 380 g/mol. The Morgan fingerprint density at radius 3 is 2.44 bits per heavy atom. The second-order valence-electron chi connectivity index (χ2n) is 6.08. The van der Waals surface area contributed by atoms with Crippen LogP contribution in [0.1, 0.15) is 23.6 Å². The Morgan fingerprint density at radius 1 is 1.08 bits per heavy atom. The molecular weight excluding hydrogens is 356 g/mol. The molecular formula is C17H25ClN6S. The van der Waals surface area contributed by atoms with Gasteiger partial charge in [0, 0.05) is 31.9 Å². The molecule has 1 aromatic carbocycles. The average Bonchev–Trinajstić information content (AvgIpc) is 2.60. The molecule has 2 N–H and O–H groups in total. The fourth-order valence-corrected chi connectivity index (χ4v) is 3.49. The van der Waals surface area contributed by atoms with Crippen molar-refractivity contribution in [3.8, 4) is 0 Å². The normalized spacial score (nSPS) is 16.3. The van der Waals surface area contributed by atoms with Crippen LogP contribution in [-0.2, 0) is 5.75 Å². The summed E-state index contributed by atoms with van der Waals surface area (Å²) in [7, 11) is 2.13. The van der Waals surface area contributed by atoms with Gasteiger partial charge in [-0.25, -0.2) is 0 Å². The van der Waals surface area contributed by atoms with Crippen LogP contribution in [0.15, 0.2) is 30.3 Å². The number of hydrogen-bond acceptors (Lipinski definition) is 7. The predicted octanol–water partition coefficient (Wildman–Crippen LogP) is 2.62. The molecule has 8 heteroatoms. The van der Waals surface area contributed by atoms with Gasteiger partial charge in [-0.05, 0) is 19.5 Å². The van der Waals surface area contributed by atoms with Gasteiger partial charge in [0.25, 0.3) is 0 Å². The lowest BCUT2D eigenvalue weighted by Gasteiger charge is -2.32. The van der Waals surface area contributed by atoms with Gasteiger partial charge in [0.15, 0.2) is 0 Å². The Balaban J connectivity index is 0.00000225. The molecule has 1 unspecified atom stereocenters. The second kappa shape index (κ2) is 9.22. The zero-order chi connectivity index (χ0) is 16.9. The summed E-state index contributed by atoms with van der Waals surface area (Å²) >= 11 is 1.81. The summed E-state index contributed by atoms with van der Waals surface area (Å²) in [5, 5.41) is 0.168. The zero-order valence-corrected chi connectivity index (χ0v) is 16.3. The minimum Gasteiger partial charge on any atom is -0.368 e. The molecule has 1 saturated heterocycles. The van der Waals surface area contributed by atoms with Gasteiger partial charge in [0.1, 0.15) is 5.82 Å². The highest BCUT2D eigenvalue weighted by Gasteiger charge is 2.19. The molecule has 1 aliphatic rings. The molecule has 1 fully saturated rings. The lowest BCUT2D eigenvalue weighted by Crippen LogP contribution is -2.45. The van der Waals surface area contributed by atoms with E-state index >= 15 is 0 Å². The summed E-state index contributed by atoms with van der Waals surface area (Å²) in [5.41, 5.74) is 7.23. The Kier molecular flexibility index (Phi) is 7.28. The van der Waals surface area contributed by atoms with Gasteiger partial charge in [0.2, 0.25) is 11.9 Å². The molecule has 0 radical (unpaired) electrons. The molecule has 0 bridgehead atoms. The average molecular weight is 381 g/mol. The first kappa shape index (κ1) is 19.8. The van der Waals surface area contributed by atoms with E-state index in [2.05, 4.69) is 63.0 Å². The maximum absolute atomic E-state index is 5.93. The molecule has 1 atom stereocenters. The maximum atomic E-state index is 5.93. The van der Waals surface area contributed by atoms with Crippen molar-refractivity contribution < 1.29 is 0 Å². The quantitative estimate of drug-likeness (QED) is 0.854. The van der Waals surface area contributed by atoms with E-state index in [-0.39, 0.29) is 17.7 Å². The molecule has 1 aliphatic heterocycles. The minimum absolute atomic E-state index is 0. The SMILES string of the molecule is CC(SCc1ccccc1)c1nc(N)nc(N2CCN(C)CC2)n1.Cl. The zero-order valence-electron chi connectivity index (χ0n) is 14.6. The third-order valence-electron chi connectivity index (χ3n) is 4.15. The van der Waals surface area contributed by atoms with Crippen LogP contribution in [-0.4, -0.2) is 53.1 Å². The van der Waals surface area contributed by atoms with Crippen LogP contribution in [0.5, 0.6) is 0 Å². The van der Waals surface area contributed by atoms with Crippen LogP contribution in [0.25, 0.3) is 0 Å². The summed E-state index contributed by atoms with van der Waals surface area (Å²) in [4.78, 5) is 17.9. The van der Waals surface area contributed by atoms with E-state index < -0.39 is 0 Å². The van der Waals surface area contributed by atoms with E-state index in [9.17, 15) is 0 Å². The third-order valence-corrected chi connectivity index (χ3v) is 5.36. The van der Waals surface area contributed by atoms with Crippen LogP contribution >= 0.6 is 24.2 Å². The van der Waals surface area contributed by atoms with E-state index in [1.165, 1.54) is 5.56 Å². The first-order chi connectivity index (χ1) is 11.6. The van der Waals surface area contributed by atoms with Gasteiger partial charge in [-0.15, -0.1) is 24.2 Å². The first-order valence-corrected chi connectivity index (χ1v) is 9.27. The van der Waals surface area contributed by atoms with Crippen molar-refractivity contribution in [1.82, 2.24) is 19.9 Å². The van der Waals surface area contributed by atoms with E-state index in [4.69, 9.17) is 5.73 Å². The molecule has 2 aromatic rings. The van der Waals surface area contributed by atoms with Crippen molar-refractivity contribution in [3.05, 3.63) is 41.7 Å². The van der Waals surface area contributed by atoms with Crippen molar-refractivity contribution in [2.75, 3.05) is 43.9 Å². The molecule has 25 heavy (non-hydrogen) atoms. The summed E-state index contributed by atoms with van der Waals surface area (Å²) in [6.45, 7) is 5.99. The van der Waals surface area contributed by atoms with Gasteiger partial charge in [-0.2, -0.15) is 15.0 Å². The number of halogens is 1. The molecule has 0 saturated carbocycles. The van der Waals surface area contributed by atoms with Crippen LogP contribution in [0.2, 0.25) is 0 Å². The highest BCUT2D eigenvalue weighted by atomic mass is 35.5. The molecule has 0 amide bonds. The lowest BCUT2D eigenvalue weighted by atomic mass is 10.2. The Hall–Kier alpha value is -1.57. The number of nitrogens with two attached hydrogens (primary N) is 1. The number of nitrogens with zero attached hydrogens (tertiary/aromatic N) is 5. The molecule has 3 rings (SSSR count). The van der Waals surface area contributed by atoms with E-state index in [0.717, 1.165) is 37.8 Å². The van der Waals surface area contributed by atoms with E-state index in [1.54, 1.807) is 0 Å². The van der Waals surface area contributed by atoms with Crippen molar-refractivity contribution in [2.24, 2.45) is 0 Å². The minimum atomic E-state index is 0. The fraction of sp³-hybridized carbons (Fsp3) is 0.471. The molecule has 1 aromatic heterocycles. The largest absolute Gasteiger partial charge is 0.368 e. The van der Waals surface area contributed by atoms with Crippen molar-refractivity contribution in [1.29, 1.82) is 0 Å². The smallest absolute Gasteiger partial charge is 0.230 e. The second-order valence-corrected chi connectivity index (χ2v) is 7.41. The Labute approximate surface area is 159 Å². The molecule has 136 valence electrons. The number of hydrogen-bond donors (Lipinski definition) is 1. The van der Waals surface area contributed by atoms with Gasteiger partial charge in [-0.3, -0.25) is 0 Å². The summed E-state index contributed by atoms with van der Waals surface area (Å²) in [6.07, 6.45) is 0.